The van der Waals surface area contributed by atoms with E-state index in [-0.39, 0.29) is 36.3 Å². The molecule has 0 aliphatic carbocycles. The van der Waals surface area contributed by atoms with E-state index in [4.69, 9.17) is 0 Å². The van der Waals surface area contributed by atoms with Crippen LogP contribution in [-0.4, -0.2) is 45.3 Å². The molecule has 5 nitrogen and oxygen atoms in total. The zero-order valence-electron chi connectivity index (χ0n) is 18.2. The van der Waals surface area contributed by atoms with Crippen molar-refractivity contribution in [2.24, 2.45) is 0 Å². The quantitative estimate of drug-likeness (QED) is 0.603. The fourth-order valence-electron chi connectivity index (χ4n) is 4.14. The smallest absolute Gasteiger partial charge is 0.243 e. The first kappa shape index (κ1) is 22.1. The molecular weight excluding hydrogens is 381 g/mol. The van der Waals surface area contributed by atoms with Crippen LogP contribution in [0.15, 0.2) is 42.6 Å². The van der Waals surface area contributed by atoms with E-state index in [0.717, 1.165) is 30.5 Å². The normalized spacial score (nSPS) is 15.9. The molecule has 6 heteroatoms. The molecule has 3 rings (SSSR count). The van der Waals surface area contributed by atoms with Crippen LogP contribution in [0.25, 0.3) is 0 Å². The average Bonchev–Trinajstić information content (AvgIpc) is 3.19. The molecule has 1 unspecified atom stereocenters. The zero-order chi connectivity index (χ0) is 21.7. The first-order chi connectivity index (χ1) is 14.4. The minimum Gasteiger partial charge on any atom is -0.348 e. The SMILES string of the molecule is CCCCCC(=O)N(CC(=O)N1CCn2cccc2C1c1cccc(F)c1)C(C)C. The predicted molar refractivity (Wildman–Crippen MR) is 115 cm³/mol. The van der Waals surface area contributed by atoms with E-state index in [2.05, 4.69) is 11.5 Å². The molecule has 1 aliphatic heterocycles. The Hall–Kier alpha value is -2.63. The number of hydrogen-bond acceptors (Lipinski definition) is 2. The zero-order valence-corrected chi connectivity index (χ0v) is 18.2. The van der Waals surface area contributed by atoms with Gasteiger partial charge in [-0.05, 0) is 50.1 Å². The summed E-state index contributed by atoms with van der Waals surface area (Å²) in [7, 11) is 0. The number of halogens is 1. The second-order valence-electron chi connectivity index (χ2n) is 8.24. The van der Waals surface area contributed by atoms with Crippen LogP contribution in [0.5, 0.6) is 0 Å². The number of nitrogens with zero attached hydrogens (tertiary/aromatic N) is 3. The molecule has 2 heterocycles. The highest BCUT2D eigenvalue weighted by atomic mass is 19.1. The van der Waals surface area contributed by atoms with Crippen LogP contribution >= 0.6 is 0 Å². The van der Waals surface area contributed by atoms with Crippen molar-refractivity contribution in [3.8, 4) is 0 Å². The predicted octanol–water partition coefficient (Wildman–Crippen LogP) is 4.38. The third-order valence-electron chi connectivity index (χ3n) is 5.77. The fraction of sp³-hybridized carbons (Fsp3) is 0.500. The van der Waals surface area contributed by atoms with E-state index in [0.29, 0.717) is 19.5 Å². The Balaban J connectivity index is 1.83. The molecular formula is C24H32FN3O2. The van der Waals surface area contributed by atoms with Crippen molar-refractivity contribution in [1.29, 1.82) is 0 Å². The Bertz CT molecular complexity index is 877. The minimum absolute atomic E-state index is 0.0227. The molecule has 0 spiro atoms. The fourth-order valence-corrected chi connectivity index (χ4v) is 4.14. The van der Waals surface area contributed by atoms with Crippen molar-refractivity contribution in [2.45, 2.75) is 65.1 Å². The molecule has 1 aromatic carbocycles. The molecule has 0 fully saturated rings. The Kier molecular flexibility index (Phi) is 7.29. The van der Waals surface area contributed by atoms with Gasteiger partial charge < -0.3 is 14.4 Å². The van der Waals surface area contributed by atoms with E-state index in [1.54, 1.807) is 15.9 Å². The van der Waals surface area contributed by atoms with Gasteiger partial charge in [0.25, 0.3) is 0 Å². The Morgan fingerprint density at radius 2 is 1.97 bits per heavy atom. The summed E-state index contributed by atoms with van der Waals surface area (Å²) >= 11 is 0. The summed E-state index contributed by atoms with van der Waals surface area (Å²) in [6.07, 6.45) is 5.36. The molecule has 162 valence electrons. The maximum atomic E-state index is 14.0. The number of carbonyl (C=O) groups is 2. The van der Waals surface area contributed by atoms with Crippen molar-refractivity contribution >= 4 is 11.8 Å². The van der Waals surface area contributed by atoms with Gasteiger partial charge in [0.05, 0.1) is 6.04 Å². The molecule has 2 amide bonds. The van der Waals surface area contributed by atoms with Crippen LogP contribution in [0.4, 0.5) is 4.39 Å². The lowest BCUT2D eigenvalue weighted by Crippen LogP contribution is -2.49. The molecule has 0 radical (unpaired) electrons. The number of amides is 2. The third-order valence-corrected chi connectivity index (χ3v) is 5.77. The number of aromatic nitrogens is 1. The summed E-state index contributed by atoms with van der Waals surface area (Å²) in [6.45, 7) is 7.25. The second kappa shape index (κ2) is 9.92. The molecule has 2 aromatic rings. The van der Waals surface area contributed by atoms with Crippen LogP contribution in [0.3, 0.4) is 0 Å². The standard InChI is InChI=1S/C24H32FN3O2/c1-4-5-6-12-22(29)28(18(2)3)17-23(30)27-15-14-26-13-8-11-21(26)24(27)19-9-7-10-20(25)16-19/h7-11,13,16,18,24H,4-6,12,14-15,17H2,1-3H3. The van der Waals surface area contributed by atoms with Crippen molar-refractivity contribution in [3.05, 3.63) is 59.7 Å². The van der Waals surface area contributed by atoms with Crippen molar-refractivity contribution in [1.82, 2.24) is 14.4 Å². The number of fused-ring (bicyclic) bond motifs is 1. The van der Waals surface area contributed by atoms with E-state index in [1.807, 2.05) is 38.2 Å². The average molecular weight is 414 g/mol. The van der Waals surface area contributed by atoms with Crippen LogP contribution in [0, 0.1) is 5.82 Å². The summed E-state index contributed by atoms with van der Waals surface area (Å²) in [5, 5.41) is 0. The molecule has 1 aliphatic rings. The van der Waals surface area contributed by atoms with Crippen molar-refractivity contribution < 1.29 is 14.0 Å². The Morgan fingerprint density at radius 1 is 1.17 bits per heavy atom. The molecule has 0 N–H and O–H groups in total. The second-order valence-corrected chi connectivity index (χ2v) is 8.24. The monoisotopic (exact) mass is 413 g/mol. The number of unbranched alkanes of at least 4 members (excludes halogenated alkanes) is 2. The van der Waals surface area contributed by atoms with Crippen LogP contribution in [0.1, 0.15) is 63.8 Å². The van der Waals surface area contributed by atoms with Gasteiger partial charge in [-0.1, -0.05) is 31.9 Å². The highest BCUT2D eigenvalue weighted by Gasteiger charge is 2.33. The largest absolute Gasteiger partial charge is 0.348 e. The van der Waals surface area contributed by atoms with Gasteiger partial charge in [-0.15, -0.1) is 0 Å². The number of hydrogen-bond donors (Lipinski definition) is 0. The summed E-state index contributed by atoms with van der Waals surface area (Å²) in [5.74, 6) is -0.401. The molecule has 1 atom stereocenters. The van der Waals surface area contributed by atoms with Crippen LogP contribution in [-0.2, 0) is 16.1 Å². The van der Waals surface area contributed by atoms with Gasteiger partial charge in [-0.25, -0.2) is 4.39 Å². The van der Waals surface area contributed by atoms with Gasteiger partial charge in [0.2, 0.25) is 11.8 Å². The first-order valence-corrected chi connectivity index (χ1v) is 10.9. The van der Waals surface area contributed by atoms with E-state index >= 15 is 0 Å². The summed E-state index contributed by atoms with van der Waals surface area (Å²) in [4.78, 5) is 29.6. The molecule has 30 heavy (non-hydrogen) atoms. The van der Waals surface area contributed by atoms with Gasteiger partial charge in [0.15, 0.2) is 0 Å². The summed E-state index contributed by atoms with van der Waals surface area (Å²) in [6, 6.07) is 9.94. The Labute approximate surface area is 178 Å². The summed E-state index contributed by atoms with van der Waals surface area (Å²) < 4.78 is 16.1. The van der Waals surface area contributed by atoms with Gasteiger partial charge in [0.1, 0.15) is 12.4 Å². The third kappa shape index (κ3) is 4.91. The number of rotatable bonds is 8. The maximum absolute atomic E-state index is 14.0. The summed E-state index contributed by atoms with van der Waals surface area (Å²) in [5.41, 5.74) is 1.71. The first-order valence-electron chi connectivity index (χ1n) is 10.9. The van der Waals surface area contributed by atoms with Gasteiger partial charge in [0, 0.05) is 37.4 Å². The number of benzene rings is 1. The van der Waals surface area contributed by atoms with E-state index in [9.17, 15) is 14.0 Å². The van der Waals surface area contributed by atoms with Gasteiger partial charge in [-0.2, -0.15) is 0 Å². The molecule has 0 saturated heterocycles. The minimum atomic E-state index is -0.360. The highest BCUT2D eigenvalue weighted by Crippen LogP contribution is 2.33. The molecule has 0 saturated carbocycles. The number of carbonyl (C=O) groups excluding carboxylic acids is 2. The van der Waals surface area contributed by atoms with Gasteiger partial charge in [-0.3, -0.25) is 9.59 Å². The molecule has 1 aromatic heterocycles. The maximum Gasteiger partial charge on any atom is 0.243 e. The lowest BCUT2D eigenvalue weighted by Gasteiger charge is -2.39. The topological polar surface area (TPSA) is 45.6 Å². The van der Waals surface area contributed by atoms with Crippen molar-refractivity contribution in [2.75, 3.05) is 13.1 Å². The Morgan fingerprint density at radius 3 is 2.67 bits per heavy atom. The van der Waals surface area contributed by atoms with Crippen LogP contribution < -0.4 is 0 Å². The highest BCUT2D eigenvalue weighted by molar-refractivity contribution is 5.85. The lowest BCUT2D eigenvalue weighted by atomic mass is 9.99. The lowest BCUT2D eigenvalue weighted by molar-refractivity contribution is -0.143. The van der Waals surface area contributed by atoms with Crippen LogP contribution in [0.2, 0.25) is 0 Å². The van der Waals surface area contributed by atoms with E-state index in [1.165, 1.54) is 12.1 Å². The molecule has 0 bridgehead atoms. The van der Waals surface area contributed by atoms with Gasteiger partial charge >= 0.3 is 0 Å². The van der Waals surface area contributed by atoms with Crippen molar-refractivity contribution in [3.63, 3.8) is 0 Å². The van der Waals surface area contributed by atoms with E-state index < -0.39 is 0 Å².